The first-order valence-corrected chi connectivity index (χ1v) is 4.73. The molecule has 0 saturated carbocycles. The number of benzene rings is 1. The number of aryl methyl sites for hydroxylation is 1. The second-order valence-corrected chi connectivity index (χ2v) is 4.31. The van der Waals surface area contributed by atoms with Gasteiger partial charge in [-0.15, -0.1) is 0 Å². The summed E-state index contributed by atoms with van der Waals surface area (Å²) in [6.07, 6.45) is 2.71. The van der Waals surface area contributed by atoms with E-state index in [-0.39, 0.29) is 5.60 Å². The van der Waals surface area contributed by atoms with E-state index in [1.807, 2.05) is 45.0 Å². The average Bonchev–Trinajstić information content (AvgIpc) is 2.06. The summed E-state index contributed by atoms with van der Waals surface area (Å²) < 4.78 is 5.30. The Bertz CT molecular complexity index is 344. The molecule has 14 heavy (non-hydrogen) atoms. The minimum atomic E-state index is -0.197. The van der Waals surface area contributed by atoms with Crippen molar-refractivity contribution in [2.45, 2.75) is 33.3 Å². The lowest BCUT2D eigenvalue weighted by Gasteiger charge is -2.14. The van der Waals surface area contributed by atoms with Gasteiger partial charge in [-0.25, -0.2) is 0 Å². The first-order chi connectivity index (χ1) is 6.47. The molecular formula is C13H16O. The highest BCUT2D eigenvalue weighted by Crippen LogP contribution is 2.05. The molecule has 0 unspecified atom stereocenters. The Morgan fingerprint density at radius 3 is 2.14 bits per heavy atom. The molecule has 0 radical (unpaired) electrons. The number of ether oxygens (including phenoxy) is 1. The zero-order valence-electron chi connectivity index (χ0n) is 9.22. The quantitative estimate of drug-likeness (QED) is 0.568. The van der Waals surface area contributed by atoms with Gasteiger partial charge in [0.2, 0.25) is 0 Å². The highest BCUT2D eigenvalue weighted by Gasteiger charge is 2.07. The predicted octanol–water partition coefficient (Wildman–Crippen LogP) is 3.12. The Kier molecular flexibility index (Phi) is 3.19. The van der Waals surface area contributed by atoms with Crippen LogP contribution < -0.4 is 0 Å². The molecule has 0 saturated heterocycles. The molecule has 1 heteroatoms. The molecule has 1 aromatic carbocycles. The maximum Gasteiger partial charge on any atom is 0.116 e. The van der Waals surface area contributed by atoms with E-state index in [1.54, 1.807) is 0 Å². The number of hydrogen-bond donors (Lipinski definition) is 0. The van der Waals surface area contributed by atoms with E-state index in [4.69, 9.17) is 4.74 Å². The van der Waals surface area contributed by atoms with Crippen molar-refractivity contribution < 1.29 is 4.74 Å². The molecule has 0 N–H and O–H groups in total. The van der Waals surface area contributed by atoms with Crippen LogP contribution in [0.15, 0.2) is 24.3 Å². The largest absolute Gasteiger partial charge is 0.441 e. The summed E-state index contributed by atoms with van der Waals surface area (Å²) in [6.45, 7) is 8.01. The SMILES string of the molecule is Cc1ccc(C#COC(C)(C)C)cc1. The summed E-state index contributed by atoms with van der Waals surface area (Å²) in [5.41, 5.74) is 2.03. The molecule has 0 heterocycles. The summed E-state index contributed by atoms with van der Waals surface area (Å²) in [5, 5.41) is 0. The fourth-order valence-corrected chi connectivity index (χ4v) is 0.874. The van der Waals surface area contributed by atoms with Gasteiger partial charge in [0.25, 0.3) is 0 Å². The van der Waals surface area contributed by atoms with E-state index in [2.05, 4.69) is 19.0 Å². The van der Waals surface area contributed by atoms with Crippen molar-refractivity contribution in [3.63, 3.8) is 0 Å². The summed E-state index contributed by atoms with van der Waals surface area (Å²) >= 11 is 0. The van der Waals surface area contributed by atoms with Crippen molar-refractivity contribution in [2.24, 2.45) is 0 Å². The fourth-order valence-electron chi connectivity index (χ4n) is 0.874. The predicted molar refractivity (Wildman–Crippen MR) is 58.9 cm³/mol. The van der Waals surface area contributed by atoms with Crippen molar-refractivity contribution >= 4 is 0 Å². The minimum Gasteiger partial charge on any atom is -0.441 e. The Morgan fingerprint density at radius 2 is 1.64 bits per heavy atom. The van der Waals surface area contributed by atoms with E-state index < -0.39 is 0 Å². The highest BCUT2D eigenvalue weighted by atomic mass is 16.5. The van der Waals surface area contributed by atoms with Crippen LogP contribution in [0.4, 0.5) is 0 Å². The maximum absolute atomic E-state index is 5.30. The normalized spacial score (nSPS) is 10.3. The summed E-state index contributed by atoms with van der Waals surface area (Å²) in [5.74, 6) is 2.96. The van der Waals surface area contributed by atoms with Crippen LogP contribution in [0.25, 0.3) is 0 Å². The number of hydrogen-bond acceptors (Lipinski definition) is 1. The Morgan fingerprint density at radius 1 is 1.07 bits per heavy atom. The lowest BCUT2D eigenvalue weighted by atomic mass is 10.2. The molecule has 0 atom stereocenters. The van der Waals surface area contributed by atoms with Crippen molar-refractivity contribution in [3.05, 3.63) is 35.4 Å². The van der Waals surface area contributed by atoms with Gasteiger partial charge >= 0.3 is 0 Å². The summed E-state index contributed by atoms with van der Waals surface area (Å²) in [4.78, 5) is 0. The standard InChI is InChI=1S/C13H16O/c1-11-5-7-12(8-6-11)9-10-14-13(2,3)4/h5-8H,1-4H3. The van der Waals surface area contributed by atoms with Gasteiger partial charge in [0.15, 0.2) is 0 Å². The van der Waals surface area contributed by atoms with Crippen LogP contribution >= 0.6 is 0 Å². The summed E-state index contributed by atoms with van der Waals surface area (Å²) in [6, 6.07) is 8.07. The van der Waals surface area contributed by atoms with Crippen molar-refractivity contribution in [3.8, 4) is 12.0 Å². The lowest BCUT2D eigenvalue weighted by molar-refractivity contribution is 0.0963. The maximum atomic E-state index is 5.30. The molecule has 74 valence electrons. The van der Waals surface area contributed by atoms with Gasteiger partial charge in [-0.1, -0.05) is 17.7 Å². The molecule has 1 nitrogen and oxygen atoms in total. The molecule has 0 aromatic heterocycles. The first kappa shape index (κ1) is 10.7. The highest BCUT2D eigenvalue weighted by molar-refractivity contribution is 5.34. The third-order valence-corrected chi connectivity index (χ3v) is 1.60. The van der Waals surface area contributed by atoms with Crippen molar-refractivity contribution in [1.29, 1.82) is 0 Å². The lowest BCUT2D eigenvalue weighted by Crippen LogP contribution is -2.15. The van der Waals surface area contributed by atoms with Gasteiger partial charge in [0.1, 0.15) is 11.7 Å². The zero-order valence-corrected chi connectivity index (χ0v) is 9.22. The van der Waals surface area contributed by atoms with Gasteiger partial charge in [-0.3, -0.25) is 0 Å². The van der Waals surface area contributed by atoms with E-state index in [1.165, 1.54) is 5.56 Å². The van der Waals surface area contributed by atoms with Gasteiger partial charge in [0.05, 0.1) is 0 Å². The monoisotopic (exact) mass is 188 g/mol. The second-order valence-electron chi connectivity index (χ2n) is 4.31. The molecule has 0 amide bonds. The van der Waals surface area contributed by atoms with Crippen LogP contribution in [0.2, 0.25) is 0 Å². The molecule has 0 aliphatic heterocycles. The van der Waals surface area contributed by atoms with E-state index >= 15 is 0 Å². The van der Waals surface area contributed by atoms with Gasteiger partial charge in [-0.05, 0) is 45.7 Å². The minimum absolute atomic E-state index is 0.197. The van der Waals surface area contributed by atoms with E-state index in [0.717, 1.165) is 5.56 Å². The van der Waals surface area contributed by atoms with Crippen molar-refractivity contribution in [1.82, 2.24) is 0 Å². The molecule has 1 rings (SSSR count). The first-order valence-electron chi connectivity index (χ1n) is 4.73. The third kappa shape index (κ3) is 4.00. The Hall–Kier alpha value is -1.42. The molecule has 0 aliphatic rings. The number of rotatable bonds is 0. The molecule has 0 aliphatic carbocycles. The molecular weight excluding hydrogens is 172 g/mol. The van der Waals surface area contributed by atoms with Gasteiger partial charge < -0.3 is 4.74 Å². The van der Waals surface area contributed by atoms with Crippen LogP contribution in [0.1, 0.15) is 31.9 Å². The average molecular weight is 188 g/mol. The smallest absolute Gasteiger partial charge is 0.116 e. The molecule has 0 spiro atoms. The topological polar surface area (TPSA) is 9.23 Å². The van der Waals surface area contributed by atoms with Crippen LogP contribution in [0, 0.1) is 19.0 Å². The van der Waals surface area contributed by atoms with Crippen LogP contribution in [-0.4, -0.2) is 5.60 Å². The molecule has 1 aromatic rings. The zero-order chi connectivity index (χ0) is 10.6. The van der Waals surface area contributed by atoms with Gasteiger partial charge in [-0.2, -0.15) is 0 Å². The fraction of sp³-hybridized carbons (Fsp3) is 0.385. The van der Waals surface area contributed by atoms with Gasteiger partial charge in [0, 0.05) is 5.56 Å². The summed E-state index contributed by atoms with van der Waals surface area (Å²) in [7, 11) is 0. The van der Waals surface area contributed by atoms with Crippen LogP contribution in [-0.2, 0) is 4.74 Å². The molecule has 0 fully saturated rings. The van der Waals surface area contributed by atoms with Crippen molar-refractivity contribution in [2.75, 3.05) is 0 Å². The molecule has 0 bridgehead atoms. The second kappa shape index (κ2) is 4.19. The van der Waals surface area contributed by atoms with E-state index in [9.17, 15) is 0 Å². The van der Waals surface area contributed by atoms with Crippen LogP contribution in [0.3, 0.4) is 0 Å². The van der Waals surface area contributed by atoms with Crippen LogP contribution in [0.5, 0.6) is 0 Å². The van der Waals surface area contributed by atoms with E-state index in [0.29, 0.717) is 0 Å². The Balaban J connectivity index is 2.64. The Labute approximate surface area is 86.1 Å². The third-order valence-electron chi connectivity index (χ3n) is 1.60.